The topological polar surface area (TPSA) is 21.3 Å². The van der Waals surface area contributed by atoms with E-state index in [0.29, 0.717) is 6.10 Å². The molecular formula is C16H24BrNO. The van der Waals surface area contributed by atoms with Gasteiger partial charge in [-0.15, -0.1) is 0 Å². The average molecular weight is 326 g/mol. The number of hydrogen-bond acceptors (Lipinski definition) is 2. The lowest BCUT2D eigenvalue weighted by atomic mass is 9.92. The van der Waals surface area contributed by atoms with Crippen molar-refractivity contribution >= 4 is 15.9 Å². The predicted molar refractivity (Wildman–Crippen MR) is 83.8 cm³/mol. The number of aryl methyl sites for hydroxylation is 1. The van der Waals surface area contributed by atoms with Crippen molar-refractivity contribution < 1.29 is 4.74 Å². The minimum Gasteiger partial charge on any atom is -0.491 e. The third-order valence-electron chi connectivity index (χ3n) is 3.91. The zero-order chi connectivity index (χ0) is 13.7. The fourth-order valence-electron chi connectivity index (χ4n) is 2.62. The second kappa shape index (κ2) is 7.30. The van der Waals surface area contributed by atoms with Gasteiger partial charge in [0.15, 0.2) is 0 Å². The molecular weight excluding hydrogens is 302 g/mol. The monoisotopic (exact) mass is 325 g/mol. The van der Waals surface area contributed by atoms with Crippen LogP contribution in [0.1, 0.15) is 38.2 Å². The SMILES string of the molecule is Cc1cc(O[C@H](C)CCC2CCNCC2)ccc1Br. The van der Waals surface area contributed by atoms with Gasteiger partial charge in [0.25, 0.3) is 0 Å². The van der Waals surface area contributed by atoms with E-state index in [4.69, 9.17) is 4.74 Å². The Morgan fingerprint density at radius 3 is 2.79 bits per heavy atom. The second-order valence-electron chi connectivity index (χ2n) is 5.61. The number of ether oxygens (including phenoxy) is 1. The first-order chi connectivity index (χ1) is 9.15. The summed E-state index contributed by atoms with van der Waals surface area (Å²) >= 11 is 3.52. The highest BCUT2D eigenvalue weighted by Crippen LogP contribution is 2.24. The van der Waals surface area contributed by atoms with Crippen LogP contribution in [0.3, 0.4) is 0 Å². The Balaban J connectivity index is 1.76. The molecule has 1 fully saturated rings. The Morgan fingerprint density at radius 1 is 1.37 bits per heavy atom. The van der Waals surface area contributed by atoms with Gasteiger partial charge in [-0.2, -0.15) is 0 Å². The van der Waals surface area contributed by atoms with Crippen LogP contribution in [0.15, 0.2) is 22.7 Å². The summed E-state index contributed by atoms with van der Waals surface area (Å²) in [4.78, 5) is 0. The van der Waals surface area contributed by atoms with E-state index in [-0.39, 0.29) is 0 Å². The number of benzene rings is 1. The molecule has 1 aromatic rings. The van der Waals surface area contributed by atoms with E-state index in [9.17, 15) is 0 Å². The number of hydrogen-bond donors (Lipinski definition) is 1. The minimum absolute atomic E-state index is 0.301. The van der Waals surface area contributed by atoms with E-state index in [2.05, 4.69) is 47.2 Å². The molecule has 0 aliphatic carbocycles. The predicted octanol–water partition coefficient (Wildman–Crippen LogP) is 4.30. The lowest BCUT2D eigenvalue weighted by Gasteiger charge is -2.24. The first kappa shape index (κ1) is 14.9. The maximum Gasteiger partial charge on any atom is 0.120 e. The van der Waals surface area contributed by atoms with E-state index in [0.717, 1.165) is 22.6 Å². The van der Waals surface area contributed by atoms with Crippen LogP contribution in [0, 0.1) is 12.8 Å². The molecule has 0 radical (unpaired) electrons. The molecule has 0 unspecified atom stereocenters. The van der Waals surface area contributed by atoms with Crippen LogP contribution in [-0.4, -0.2) is 19.2 Å². The van der Waals surface area contributed by atoms with Crippen molar-refractivity contribution in [3.63, 3.8) is 0 Å². The Kier molecular flexibility index (Phi) is 5.71. The summed E-state index contributed by atoms with van der Waals surface area (Å²) in [7, 11) is 0. The molecule has 0 spiro atoms. The molecule has 1 heterocycles. The molecule has 2 rings (SSSR count). The van der Waals surface area contributed by atoms with Crippen LogP contribution in [0.5, 0.6) is 5.75 Å². The van der Waals surface area contributed by atoms with E-state index < -0.39 is 0 Å². The zero-order valence-corrected chi connectivity index (χ0v) is 13.5. The maximum absolute atomic E-state index is 6.00. The Bertz CT molecular complexity index is 402. The summed E-state index contributed by atoms with van der Waals surface area (Å²) in [5.41, 5.74) is 1.23. The average Bonchev–Trinajstić information content (AvgIpc) is 2.42. The molecule has 1 aliphatic rings. The fraction of sp³-hybridized carbons (Fsp3) is 0.625. The molecule has 0 aromatic heterocycles. The first-order valence-electron chi connectivity index (χ1n) is 7.28. The lowest BCUT2D eigenvalue weighted by Crippen LogP contribution is -2.28. The van der Waals surface area contributed by atoms with E-state index >= 15 is 0 Å². The third kappa shape index (κ3) is 4.81. The van der Waals surface area contributed by atoms with Crippen molar-refractivity contribution in [1.82, 2.24) is 5.32 Å². The van der Waals surface area contributed by atoms with Gasteiger partial charge in [-0.05, 0) is 82.3 Å². The van der Waals surface area contributed by atoms with Crippen LogP contribution < -0.4 is 10.1 Å². The van der Waals surface area contributed by atoms with Crippen molar-refractivity contribution in [2.45, 2.75) is 45.6 Å². The van der Waals surface area contributed by atoms with Gasteiger partial charge >= 0.3 is 0 Å². The fourth-order valence-corrected chi connectivity index (χ4v) is 2.87. The molecule has 0 bridgehead atoms. The van der Waals surface area contributed by atoms with E-state index in [1.54, 1.807) is 0 Å². The summed E-state index contributed by atoms with van der Waals surface area (Å²) in [6, 6.07) is 6.20. The molecule has 106 valence electrons. The second-order valence-corrected chi connectivity index (χ2v) is 6.46. The lowest BCUT2D eigenvalue weighted by molar-refractivity contribution is 0.192. The number of nitrogens with one attached hydrogen (secondary N) is 1. The van der Waals surface area contributed by atoms with E-state index in [1.165, 1.54) is 37.9 Å². The summed E-state index contributed by atoms with van der Waals surface area (Å²) < 4.78 is 7.15. The Labute approximate surface area is 125 Å². The Hall–Kier alpha value is -0.540. The van der Waals surface area contributed by atoms with Gasteiger partial charge in [-0.3, -0.25) is 0 Å². The third-order valence-corrected chi connectivity index (χ3v) is 4.80. The maximum atomic E-state index is 6.00. The molecule has 1 N–H and O–H groups in total. The first-order valence-corrected chi connectivity index (χ1v) is 8.08. The molecule has 0 saturated carbocycles. The normalized spacial score (nSPS) is 18.3. The van der Waals surface area contributed by atoms with Crippen LogP contribution in [0.25, 0.3) is 0 Å². The van der Waals surface area contributed by atoms with Gasteiger partial charge < -0.3 is 10.1 Å². The molecule has 1 aliphatic heterocycles. The number of piperidine rings is 1. The molecule has 19 heavy (non-hydrogen) atoms. The summed E-state index contributed by atoms with van der Waals surface area (Å²) in [6.45, 7) is 6.65. The quantitative estimate of drug-likeness (QED) is 0.871. The van der Waals surface area contributed by atoms with Gasteiger partial charge in [-0.25, -0.2) is 0 Å². The summed E-state index contributed by atoms with van der Waals surface area (Å²) in [6.07, 6.45) is 5.39. The van der Waals surface area contributed by atoms with Crippen molar-refractivity contribution in [1.29, 1.82) is 0 Å². The molecule has 1 atom stereocenters. The van der Waals surface area contributed by atoms with Gasteiger partial charge in [0.1, 0.15) is 5.75 Å². The van der Waals surface area contributed by atoms with Crippen LogP contribution in [0.4, 0.5) is 0 Å². The highest BCUT2D eigenvalue weighted by molar-refractivity contribution is 9.10. The largest absolute Gasteiger partial charge is 0.491 e. The molecule has 0 amide bonds. The van der Waals surface area contributed by atoms with Crippen molar-refractivity contribution in [2.75, 3.05) is 13.1 Å². The van der Waals surface area contributed by atoms with Crippen LogP contribution >= 0.6 is 15.9 Å². The smallest absolute Gasteiger partial charge is 0.120 e. The van der Waals surface area contributed by atoms with Gasteiger partial charge in [0.2, 0.25) is 0 Å². The standard InChI is InChI=1S/C16H24BrNO/c1-12-11-15(5-6-16(12)17)19-13(2)3-4-14-7-9-18-10-8-14/h5-6,11,13-14,18H,3-4,7-10H2,1-2H3/t13-/m1/s1. The van der Waals surface area contributed by atoms with Gasteiger partial charge in [0.05, 0.1) is 6.10 Å². The number of halogens is 1. The minimum atomic E-state index is 0.301. The molecule has 1 saturated heterocycles. The Morgan fingerprint density at radius 2 is 2.11 bits per heavy atom. The van der Waals surface area contributed by atoms with Crippen LogP contribution in [-0.2, 0) is 0 Å². The van der Waals surface area contributed by atoms with E-state index in [1.807, 2.05) is 6.07 Å². The molecule has 1 aromatic carbocycles. The molecule has 3 heteroatoms. The number of rotatable bonds is 5. The zero-order valence-electron chi connectivity index (χ0n) is 11.9. The van der Waals surface area contributed by atoms with Gasteiger partial charge in [-0.1, -0.05) is 15.9 Å². The molecule has 2 nitrogen and oxygen atoms in total. The van der Waals surface area contributed by atoms with Crippen molar-refractivity contribution in [3.8, 4) is 5.75 Å². The van der Waals surface area contributed by atoms with Crippen molar-refractivity contribution in [3.05, 3.63) is 28.2 Å². The highest BCUT2D eigenvalue weighted by Gasteiger charge is 2.14. The summed E-state index contributed by atoms with van der Waals surface area (Å²) in [5.74, 6) is 1.87. The van der Waals surface area contributed by atoms with Crippen LogP contribution in [0.2, 0.25) is 0 Å². The van der Waals surface area contributed by atoms with Crippen molar-refractivity contribution in [2.24, 2.45) is 5.92 Å². The van der Waals surface area contributed by atoms with Gasteiger partial charge in [0, 0.05) is 4.47 Å². The highest BCUT2D eigenvalue weighted by atomic mass is 79.9. The summed E-state index contributed by atoms with van der Waals surface area (Å²) in [5, 5.41) is 3.42.